The van der Waals surface area contributed by atoms with Crippen LogP contribution < -0.4 is 0 Å². The maximum Gasteiger partial charge on any atom is 0.262 e. The summed E-state index contributed by atoms with van der Waals surface area (Å²) >= 11 is 11.7. The van der Waals surface area contributed by atoms with Crippen LogP contribution in [-0.4, -0.2) is 32.8 Å². The number of carbonyl (C=O) groups excluding carboxylic acids is 1. The van der Waals surface area contributed by atoms with Crippen LogP contribution in [0.5, 0.6) is 0 Å². The molecule has 1 amide bonds. The number of hydrogen-bond acceptors (Lipinski definition) is 3. The quantitative estimate of drug-likeness (QED) is 0.760. The molecule has 116 valence electrons. The highest BCUT2D eigenvalue weighted by molar-refractivity contribution is 8.13. The zero-order valence-electron chi connectivity index (χ0n) is 11.4. The van der Waals surface area contributed by atoms with E-state index >= 15 is 0 Å². The molecule has 1 fully saturated rings. The summed E-state index contributed by atoms with van der Waals surface area (Å²) in [5, 5.41) is -0.198. The van der Waals surface area contributed by atoms with Crippen molar-refractivity contribution >= 4 is 48.8 Å². The summed E-state index contributed by atoms with van der Waals surface area (Å²) in [6, 6.07) is 2.51. The summed E-state index contributed by atoms with van der Waals surface area (Å²) in [7, 11) is 2.91. The van der Waals surface area contributed by atoms with Crippen LogP contribution in [0, 0.1) is 11.8 Å². The standard InChI is InChI=1S/C13H14Cl3NO3S/c1-7-3-9(7)6-17(2)13(18)8-4-10(14)12(15)11(5-8)21(16,19)20/h4-5,7,9H,3,6H2,1-2H3. The van der Waals surface area contributed by atoms with Gasteiger partial charge in [0.25, 0.3) is 15.0 Å². The molecule has 0 N–H and O–H groups in total. The normalized spacial score (nSPS) is 21.2. The summed E-state index contributed by atoms with van der Waals surface area (Å²) in [5.41, 5.74) is 0.152. The number of benzene rings is 1. The van der Waals surface area contributed by atoms with Crippen molar-refractivity contribution in [2.45, 2.75) is 18.2 Å². The van der Waals surface area contributed by atoms with Crippen molar-refractivity contribution in [3.8, 4) is 0 Å². The first-order valence-corrected chi connectivity index (χ1v) is 9.37. The van der Waals surface area contributed by atoms with Crippen LogP contribution >= 0.6 is 33.9 Å². The Balaban J connectivity index is 2.31. The van der Waals surface area contributed by atoms with Crippen LogP contribution in [0.3, 0.4) is 0 Å². The van der Waals surface area contributed by atoms with Crippen molar-refractivity contribution in [1.29, 1.82) is 0 Å². The van der Waals surface area contributed by atoms with E-state index in [-0.39, 0.29) is 26.4 Å². The van der Waals surface area contributed by atoms with Crippen molar-refractivity contribution in [2.24, 2.45) is 11.8 Å². The summed E-state index contributed by atoms with van der Waals surface area (Å²) in [6.45, 7) is 2.75. The molecule has 1 aliphatic carbocycles. The molecule has 0 spiro atoms. The molecule has 21 heavy (non-hydrogen) atoms. The molecule has 0 aromatic heterocycles. The monoisotopic (exact) mass is 369 g/mol. The smallest absolute Gasteiger partial charge is 0.262 e. The Labute approximate surface area is 138 Å². The molecule has 0 radical (unpaired) electrons. The Morgan fingerprint density at radius 1 is 1.38 bits per heavy atom. The second-order valence-corrected chi connectivity index (χ2v) is 8.69. The third-order valence-electron chi connectivity index (χ3n) is 3.64. The molecule has 0 aliphatic heterocycles. The minimum absolute atomic E-state index is 0.0186. The van der Waals surface area contributed by atoms with Crippen LogP contribution in [0.25, 0.3) is 0 Å². The second-order valence-electron chi connectivity index (χ2n) is 5.37. The van der Waals surface area contributed by atoms with E-state index in [4.69, 9.17) is 33.9 Å². The Hall–Kier alpha value is -0.490. The fourth-order valence-corrected chi connectivity index (χ4v) is 3.94. The molecule has 1 saturated carbocycles. The molecule has 2 unspecified atom stereocenters. The summed E-state index contributed by atoms with van der Waals surface area (Å²) in [4.78, 5) is 13.5. The molecule has 1 aromatic rings. The SMILES string of the molecule is CC1CC1CN(C)C(=O)c1cc(Cl)c(Cl)c(S(=O)(=O)Cl)c1. The van der Waals surface area contributed by atoms with E-state index in [2.05, 4.69) is 6.92 Å². The zero-order chi connectivity index (χ0) is 15.9. The van der Waals surface area contributed by atoms with Crippen LogP contribution in [0.15, 0.2) is 17.0 Å². The largest absolute Gasteiger partial charge is 0.341 e. The van der Waals surface area contributed by atoms with Crippen molar-refractivity contribution in [3.05, 3.63) is 27.7 Å². The molecule has 0 bridgehead atoms. The minimum Gasteiger partial charge on any atom is -0.341 e. The number of rotatable bonds is 4. The van der Waals surface area contributed by atoms with Gasteiger partial charge in [0.15, 0.2) is 0 Å². The van der Waals surface area contributed by atoms with Gasteiger partial charge in [-0.3, -0.25) is 4.79 Å². The number of nitrogens with zero attached hydrogens (tertiary/aromatic N) is 1. The van der Waals surface area contributed by atoms with Crippen LogP contribution in [0.2, 0.25) is 10.0 Å². The Morgan fingerprint density at radius 2 is 1.95 bits per heavy atom. The molecule has 1 aliphatic rings. The molecule has 4 nitrogen and oxygen atoms in total. The lowest BCUT2D eigenvalue weighted by Gasteiger charge is -2.18. The van der Waals surface area contributed by atoms with Gasteiger partial charge >= 0.3 is 0 Å². The van der Waals surface area contributed by atoms with E-state index in [0.29, 0.717) is 18.4 Å². The number of carbonyl (C=O) groups is 1. The average molecular weight is 371 g/mol. The first kappa shape index (κ1) is 16.9. The highest BCUT2D eigenvalue weighted by atomic mass is 35.7. The second kappa shape index (κ2) is 5.95. The fourth-order valence-electron chi connectivity index (χ4n) is 2.17. The average Bonchev–Trinajstić information content (AvgIpc) is 3.05. The number of halogens is 3. The molecule has 0 saturated heterocycles. The summed E-state index contributed by atoms with van der Waals surface area (Å²) < 4.78 is 23.0. The van der Waals surface area contributed by atoms with Gasteiger partial charge in [-0.15, -0.1) is 0 Å². The third kappa shape index (κ3) is 3.83. The van der Waals surface area contributed by atoms with Gasteiger partial charge in [0.2, 0.25) is 0 Å². The highest BCUT2D eigenvalue weighted by Gasteiger charge is 2.34. The maximum absolute atomic E-state index is 12.3. The van der Waals surface area contributed by atoms with E-state index in [1.165, 1.54) is 6.07 Å². The molecule has 1 aromatic carbocycles. The lowest BCUT2D eigenvalue weighted by molar-refractivity contribution is 0.0787. The van der Waals surface area contributed by atoms with Gasteiger partial charge in [-0.1, -0.05) is 30.1 Å². The molecular formula is C13H14Cl3NO3S. The molecule has 2 atom stereocenters. The van der Waals surface area contributed by atoms with Crippen molar-refractivity contribution < 1.29 is 13.2 Å². The third-order valence-corrected chi connectivity index (χ3v) is 5.90. The number of amides is 1. The lowest BCUT2D eigenvalue weighted by Crippen LogP contribution is -2.29. The predicted molar refractivity (Wildman–Crippen MR) is 83.7 cm³/mol. The van der Waals surface area contributed by atoms with Gasteiger partial charge in [0.05, 0.1) is 10.0 Å². The van der Waals surface area contributed by atoms with Crippen LogP contribution in [-0.2, 0) is 9.05 Å². The van der Waals surface area contributed by atoms with Gasteiger partial charge in [-0.05, 0) is 30.4 Å². The zero-order valence-corrected chi connectivity index (χ0v) is 14.5. The van der Waals surface area contributed by atoms with E-state index in [1.807, 2.05) is 0 Å². The van der Waals surface area contributed by atoms with E-state index < -0.39 is 9.05 Å². The Morgan fingerprint density at radius 3 is 2.43 bits per heavy atom. The predicted octanol–water partition coefficient (Wildman–Crippen LogP) is 3.65. The van der Waals surface area contributed by atoms with Crippen LogP contribution in [0.1, 0.15) is 23.7 Å². The summed E-state index contributed by atoms with van der Waals surface area (Å²) in [5.74, 6) is 0.806. The topological polar surface area (TPSA) is 54.5 Å². The molecule has 0 heterocycles. The molecular weight excluding hydrogens is 357 g/mol. The first-order valence-electron chi connectivity index (χ1n) is 6.30. The van der Waals surface area contributed by atoms with Crippen molar-refractivity contribution in [2.75, 3.05) is 13.6 Å². The van der Waals surface area contributed by atoms with Crippen molar-refractivity contribution in [1.82, 2.24) is 4.90 Å². The van der Waals surface area contributed by atoms with Gasteiger partial charge in [0.1, 0.15) is 4.90 Å². The van der Waals surface area contributed by atoms with Gasteiger partial charge in [-0.25, -0.2) is 8.42 Å². The molecule has 8 heteroatoms. The summed E-state index contributed by atoms with van der Waals surface area (Å²) in [6.07, 6.45) is 1.10. The lowest BCUT2D eigenvalue weighted by atomic mass is 10.2. The van der Waals surface area contributed by atoms with E-state index in [0.717, 1.165) is 12.5 Å². The van der Waals surface area contributed by atoms with Gasteiger partial charge in [-0.2, -0.15) is 0 Å². The Kier molecular flexibility index (Phi) is 4.78. The first-order chi connectivity index (χ1) is 9.61. The highest BCUT2D eigenvalue weighted by Crippen LogP contribution is 2.38. The van der Waals surface area contributed by atoms with E-state index in [9.17, 15) is 13.2 Å². The van der Waals surface area contributed by atoms with Gasteiger partial charge < -0.3 is 4.90 Å². The fraction of sp³-hybridized carbons (Fsp3) is 0.462. The van der Waals surface area contributed by atoms with E-state index in [1.54, 1.807) is 11.9 Å². The molecule has 2 rings (SSSR count). The maximum atomic E-state index is 12.3. The Bertz CT molecular complexity index is 690. The van der Waals surface area contributed by atoms with Crippen LogP contribution in [0.4, 0.5) is 0 Å². The van der Waals surface area contributed by atoms with Gasteiger partial charge in [0, 0.05) is 29.8 Å². The number of hydrogen-bond donors (Lipinski definition) is 0. The van der Waals surface area contributed by atoms with Crippen molar-refractivity contribution in [3.63, 3.8) is 0 Å². The minimum atomic E-state index is -4.07.